The number of nitrogens with one attached hydrogen (secondary N) is 2. The van der Waals surface area contributed by atoms with E-state index in [1.54, 1.807) is 4.90 Å². The third-order valence-electron chi connectivity index (χ3n) is 5.28. The summed E-state index contributed by atoms with van der Waals surface area (Å²) in [5.41, 5.74) is 2.37. The number of anilines is 1. The van der Waals surface area contributed by atoms with Crippen LogP contribution in [0.4, 0.5) is 10.1 Å². The zero-order chi connectivity index (χ0) is 20.6. The summed E-state index contributed by atoms with van der Waals surface area (Å²) in [5, 5.41) is 1.16. The van der Waals surface area contributed by atoms with Gasteiger partial charge in [-0.2, -0.15) is 0 Å². The maximum Gasteiger partial charge on any atom is 0.256 e. The zero-order valence-corrected chi connectivity index (χ0v) is 16.8. The van der Waals surface area contributed by atoms with E-state index < -0.39 is 15.8 Å². The van der Waals surface area contributed by atoms with E-state index in [4.69, 9.17) is 0 Å². The van der Waals surface area contributed by atoms with Crippen molar-refractivity contribution < 1.29 is 17.6 Å². The number of H-pyrrole nitrogens is 1. The van der Waals surface area contributed by atoms with E-state index in [9.17, 15) is 17.6 Å². The number of nitrogens with zero attached hydrogens (tertiary/aromatic N) is 1. The molecule has 0 atom stereocenters. The molecular weight excluding hydrogens is 393 g/mol. The predicted molar refractivity (Wildman–Crippen MR) is 111 cm³/mol. The molecule has 152 valence electrons. The second kappa shape index (κ2) is 7.51. The highest BCUT2D eigenvalue weighted by Gasteiger charge is 2.27. The van der Waals surface area contributed by atoms with Gasteiger partial charge < -0.3 is 9.88 Å². The molecule has 29 heavy (non-hydrogen) atoms. The number of carbonyl (C=O) groups excluding carboxylic acids is 1. The van der Waals surface area contributed by atoms with Gasteiger partial charge in [0.1, 0.15) is 5.82 Å². The van der Waals surface area contributed by atoms with Gasteiger partial charge in [-0.3, -0.25) is 9.52 Å². The molecule has 6 nitrogen and oxygen atoms in total. The van der Waals surface area contributed by atoms with Gasteiger partial charge in [0.25, 0.3) is 5.91 Å². The van der Waals surface area contributed by atoms with Crippen molar-refractivity contribution >= 4 is 32.5 Å². The maximum absolute atomic E-state index is 13.7. The number of rotatable bonds is 4. The highest BCUT2D eigenvalue weighted by atomic mass is 32.2. The second-order valence-corrected chi connectivity index (χ2v) is 9.19. The average molecular weight is 415 g/mol. The smallest absolute Gasteiger partial charge is 0.256 e. The summed E-state index contributed by atoms with van der Waals surface area (Å²) >= 11 is 0. The molecule has 0 radical (unpaired) electrons. The van der Waals surface area contributed by atoms with Gasteiger partial charge >= 0.3 is 0 Å². The fourth-order valence-electron chi connectivity index (χ4n) is 3.86. The molecule has 1 amide bonds. The Morgan fingerprint density at radius 2 is 1.86 bits per heavy atom. The first-order valence-corrected chi connectivity index (χ1v) is 11.3. The maximum atomic E-state index is 13.7. The van der Waals surface area contributed by atoms with Crippen molar-refractivity contribution in [3.05, 3.63) is 65.6 Å². The van der Waals surface area contributed by atoms with Crippen molar-refractivity contribution in [3.8, 4) is 0 Å². The molecule has 0 aliphatic carbocycles. The summed E-state index contributed by atoms with van der Waals surface area (Å²) in [4.78, 5) is 18.1. The van der Waals surface area contributed by atoms with Gasteiger partial charge in [0.2, 0.25) is 10.0 Å². The summed E-state index contributed by atoms with van der Waals surface area (Å²) in [6.45, 7) is 1.04. The van der Waals surface area contributed by atoms with Crippen molar-refractivity contribution in [2.45, 2.75) is 18.8 Å². The highest BCUT2D eigenvalue weighted by Crippen LogP contribution is 2.31. The van der Waals surface area contributed by atoms with E-state index in [-0.39, 0.29) is 17.2 Å². The van der Waals surface area contributed by atoms with E-state index in [0.717, 1.165) is 47.8 Å². The minimum atomic E-state index is -3.58. The molecule has 1 aromatic heterocycles. The Hall–Kier alpha value is -2.87. The van der Waals surface area contributed by atoms with Crippen LogP contribution in [-0.4, -0.2) is 43.6 Å². The largest absolute Gasteiger partial charge is 0.358 e. The number of hydrogen-bond acceptors (Lipinski definition) is 3. The number of carbonyl (C=O) groups is 1. The lowest BCUT2D eigenvalue weighted by atomic mass is 9.93. The third-order valence-corrected chi connectivity index (χ3v) is 5.87. The number of para-hydroxylation sites is 1. The Labute approximate surface area is 168 Å². The number of fused-ring (bicyclic) bond motifs is 1. The molecule has 2 heterocycles. The Bertz CT molecular complexity index is 1130. The van der Waals surface area contributed by atoms with Gasteiger partial charge in [0, 0.05) is 30.2 Å². The minimum Gasteiger partial charge on any atom is -0.358 e. The number of amides is 1. The molecule has 0 saturated carbocycles. The average Bonchev–Trinajstić information content (AvgIpc) is 3.12. The lowest BCUT2D eigenvalue weighted by molar-refractivity contribution is 0.0713. The summed E-state index contributed by atoms with van der Waals surface area (Å²) < 4.78 is 39.2. The lowest BCUT2D eigenvalue weighted by Gasteiger charge is -2.32. The standard InChI is InChI=1S/C21H22FN3O3S/c1-29(27,28)24-19-7-6-16(22)13-17(19)21(26)25-10-8-14(9-11-25)20-12-15-4-2-3-5-18(15)23-20/h2-7,12-14,23-24H,8-11H2,1H3. The Kier molecular flexibility index (Phi) is 5.04. The number of sulfonamides is 1. The monoisotopic (exact) mass is 415 g/mol. The van der Waals surface area contributed by atoms with Crippen LogP contribution in [0, 0.1) is 5.82 Å². The third kappa shape index (κ3) is 4.27. The molecule has 2 N–H and O–H groups in total. The number of hydrogen-bond donors (Lipinski definition) is 2. The van der Waals surface area contributed by atoms with Crippen LogP contribution < -0.4 is 4.72 Å². The molecule has 8 heteroatoms. The first kappa shape index (κ1) is 19.4. The van der Waals surface area contributed by atoms with E-state index >= 15 is 0 Å². The molecule has 1 saturated heterocycles. The van der Waals surface area contributed by atoms with E-state index in [0.29, 0.717) is 19.0 Å². The number of aromatic amines is 1. The molecule has 0 unspecified atom stereocenters. The molecule has 1 fully saturated rings. The number of benzene rings is 2. The fraction of sp³-hybridized carbons (Fsp3) is 0.286. The quantitative estimate of drug-likeness (QED) is 0.682. The molecule has 0 bridgehead atoms. The Morgan fingerprint density at radius 3 is 2.55 bits per heavy atom. The Morgan fingerprint density at radius 1 is 1.14 bits per heavy atom. The van der Waals surface area contributed by atoms with Gasteiger partial charge in [-0.05, 0) is 48.6 Å². The van der Waals surface area contributed by atoms with Crippen LogP contribution in [0.5, 0.6) is 0 Å². The van der Waals surface area contributed by atoms with Crippen molar-refractivity contribution in [2.75, 3.05) is 24.1 Å². The zero-order valence-electron chi connectivity index (χ0n) is 16.0. The van der Waals surface area contributed by atoms with Crippen LogP contribution in [0.2, 0.25) is 0 Å². The van der Waals surface area contributed by atoms with Gasteiger partial charge in [-0.25, -0.2) is 12.8 Å². The second-order valence-electron chi connectivity index (χ2n) is 7.44. The lowest BCUT2D eigenvalue weighted by Crippen LogP contribution is -2.38. The van der Waals surface area contributed by atoms with Crippen LogP contribution in [-0.2, 0) is 10.0 Å². The summed E-state index contributed by atoms with van der Waals surface area (Å²) in [7, 11) is -3.58. The van der Waals surface area contributed by atoms with E-state index in [1.165, 1.54) is 6.07 Å². The molecule has 1 aliphatic heterocycles. The van der Waals surface area contributed by atoms with Crippen LogP contribution in [0.1, 0.15) is 34.8 Å². The Balaban J connectivity index is 1.50. The minimum absolute atomic E-state index is 0.0273. The van der Waals surface area contributed by atoms with Crippen LogP contribution in [0.3, 0.4) is 0 Å². The molecule has 0 spiro atoms. The fourth-order valence-corrected chi connectivity index (χ4v) is 4.44. The SMILES string of the molecule is CS(=O)(=O)Nc1ccc(F)cc1C(=O)N1CCC(c2cc3ccccc3[nH]2)CC1. The predicted octanol–water partition coefficient (Wildman–Crippen LogP) is 3.70. The van der Waals surface area contributed by atoms with Crippen molar-refractivity contribution in [1.82, 2.24) is 9.88 Å². The highest BCUT2D eigenvalue weighted by molar-refractivity contribution is 7.92. The van der Waals surface area contributed by atoms with Gasteiger partial charge in [0.15, 0.2) is 0 Å². The molecule has 1 aliphatic rings. The number of likely N-dealkylation sites (tertiary alicyclic amines) is 1. The number of aromatic nitrogens is 1. The molecule has 4 rings (SSSR count). The van der Waals surface area contributed by atoms with Crippen LogP contribution in [0.15, 0.2) is 48.5 Å². The normalized spacial score (nSPS) is 15.6. The first-order valence-electron chi connectivity index (χ1n) is 9.44. The van der Waals surface area contributed by atoms with Gasteiger partial charge in [-0.1, -0.05) is 18.2 Å². The topological polar surface area (TPSA) is 82.3 Å². The summed E-state index contributed by atoms with van der Waals surface area (Å²) in [6, 6.07) is 13.7. The number of piperidine rings is 1. The molecule has 3 aromatic rings. The van der Waals surface area contributed by atoms with E-state index in [1.807, 2.05) is 18.2 Å². The summed E-state index contributed by atoms with van der Waals surface area (Å²) in [5.74, 6) is -0.640. The summed E-state index contributed by atoms with van der Waals surface area (Å²) in [6.07, 6.45) is 2.56. The number of halogens is 1. The van der Waals surface area contributed by atoms with Crippen molar-refractivity contribution in [3.63, 3.8) is 0 Å². The van der Waals surface area contributed by atoms with Crippen molar-refractivity contribution in [2.24, 2.45) is 0 Å². The van der Waals surface area contributed by atoms with Crippen LogP contribution >= 0.6 is 0 Å². The molecule has 2 aromatic carbocycles. The van der Waals surface area contributed by atoms with Gasteiger partial charge in [0.05, 0.1) is 17.5 Å². The van der Waals surface area contributed by atoms with Crippen LogP contribution in [0.25, 0.3) is 10.9 Å². The van der Waals surface area contributed by atoms with Crippen molar-refractivity contribution in [1.29, 1.82) is 0 Å². The first-order chi connectivity index (χ1) is 13.8. The molecular formula is C21H22FN3O3S. The van der Waals surface area contributed by atoms with E-state index in [2.05, 4.69) is 21.8 Å². The van der Waals surface area contributed by atoms with Gasteiger partial charge in [-0.15, -0.1) is 0 Å².